The Balaban J connectivity index is 1.77. The quantitative estimate of drug-likeness (QED) is 0.520. The van der Waals surface area contributed by atoms with Crippen molar-refractivity contribution in [1.29, 1.82) is 0 Å². The Bertz CT molecular complexity index is 1240. The van der Waals surface area contributed by atoms with Crippen molar-refractivity contribution in [3.05, 3.63) is 58.9 Å². The summed E-state index contributed by atoms with van der Waals surface area (Å²) in [7, 11) is -2.09. The molecular weight excluding hydrogens is 424 g/mol. The van der Waals surface area contributed by atoms with Crippen molar-refractivity contribution in [1.82, 2.24) is 4.57 Å². The molecule has 30 heavy (non-hydrogen) atoms. The van der Waals surface area contributed by atoms with Crippen molar-refractivity contribution in [3.8, 4) is 0 Å². The topological polar surface area (TPSA) is 94.8 Å². The highest BCUT2D eigenvalue weighted by Gasteiger charge is 2.15. The number of carbonyl (C=O) groups is 2. The predicted octanol–water partition coefficient (Wildman–Crippen LogP) is 3.19. The molecule has 2 aromatic carbocycles. The average Bonchev–Trinajstić information content (AvgIpc) is 3.09. The van der Waals surface area contributed by atoms with Crippen LogP contribution >= 0.6 is 11.3 Å². The largest absolute Gasteiger partial charge is 0.465 e. The van der Waals surface area contributed by atoms with Gasteiger partial charge >= 0.3 is 5.97 Å². The summed E-state index contributed by atoms with van der Waals surface area (Å²) in [5, 5.41) is 0. The number of aromatic nitrogens is 1. The van der Waals surface area contributed by atoms with Crippen LogP contribution in [0.3, 0.4) is 0 Å². The summed E-state index contributed by atoms with van der Waals surface area (Å²) >= 11 is 1.30. The standard InChI is InChI=1S/C21H22N2O5S2/c1-3-23-17-12-11-15(20(25)28-2)14-18(17)29-21(23)22-19(24)10-7-13-30(26,27)16-8-5-4-6-9-16/h4-6,8-9,11-12,14H,3,7,10,13H2,1-2H3. The van der Waals surface area contributed by atoms with E-state index in [0.717, 1.165) is 10.2 Å². The van der Waals surface area contributed by atoms with Crippen LogP contribution in [0, 0.1) is 0 Å². The molecule has 1 aromatic heterocycles. The molecule has 0 atom stereocenters. The van der Waals surface area contributed by atoms with Crippen LogP contribution < -0.4 is 4.80 Å². The summed E-state index contributed by atoms with van der Waals surface area (Å²) in [6, 6.07) is 13.4. The zero-order valence-electron chi connectivity index (χ0n) is 16.7. The molecule has 0 spiro atoms. The Morgan fingerprint density at radius 3 is 2.53 bits per heavy atom. The van der Waals surface area contributed by atoms with Crippen LogP contribution in [0.2, 0.25) is 0 Å². The first-order chi connectivity index (χ1) is 14.4. The molecule has 0 N–H and O–H groups in total. The maximum absolute atomic E-state index is 12.4. The van der Waals surface area contributed by atoms with Gasteiger partial charge in [-0.3, -0.25) is 4.79 Å². The molecule has 7 nitrogen and oxygen atoms in total. The fourth-order valence-corrected chi connectivity index (χ4v) is 5.51. The minimum absolute atomic E-state index is 0.0391. The van der Waals surface area contributed by atoms with E-state index in [4.69, 9.17) is 4.74 Å². The number of nitrogens with zero attached hydrogens (tertiary/aromatic N) is 2. The Hall–Kier alpha value is -2.78. The first kappa shape index (κ1) is 21.9. The molecule has 0 radical (unpaired) electrons. The maximum atomic E-state index is 12.4. The number of ether oxygens (including phenoxy) is 1. The zero-order chi connectivity index (χ0) is 21.7. The lowest BCUT2D eigenvalue weighted by Crippen LogP contribution is -2.16. The highest BCUT2D eigenvalue weighted by Crippen LogP contribution is 2.20. The Morgan fingerprint density at radius 2 is 1.87 bits per heavy atom. The van der Waals surface area contributed by atoms with Crippen LogP contribution in [-0.2, 0) is 25.9 Å². The van der Waals surface area contributed by atoms with E-state index in [2.05, 4.69) is 4.99 Å². The molecule has 3 rings (SSSR count). The number of hydrogen-bond donors (Lipinski definition) is 0. The minimum atomic E-state index is -3.42. The van der Waals surface area contributed by atoms with Gasteiger partial charge in [0.2, 0.25) is 5.91 Å². The van der Waals surface area contributed by atoms with Gasteiger partial charge in [0.05, 0.1) is 33.5 Å². The number of hydrogen-bond acceptors (Lipinski definition) is 6. The number of rotatable bonds is 7. The third-order valence-electron chi connectivity index (χ3n) is 4.55. The summed E-state index contributed by atoms with van der Waals surface area (Å²) in [4.78, 5) is 29.1. The van der Waals surface area contributed by atoms with Crippen LogP contribution in [-0.4, -0.2) is 37.7 Å². The smallest absolute Gasteiger partial charge is 0.337 e. The summed E-state index contributed by atoms with van der Waals surface area (Å²) in [5.74, 6) is -0.913. The molecule has 9 heteroatoms. The molecule has 0 aliphatic carbocycles. The normalized spacial score (nSPS) is 12.3. The molecular formula is C21H22N2O5S2. The van der Waals surface area contributed by atoms with Gasteiger partial charge in [0.15, 0.2) is 14.6 Å². The number of aryl methyl sites for hydroxylation is 1. The lowest BCUT2D eigenvalue weighted by molar-refractivity contribution is -0.118. The third-order valence-corrected chi connectivity index (χ3v) is 7.40. The van der Waals surface area contributed by atoms with E-state index in [0.29, 0.717) is 16.9 Å². The molecule has 3 aromatic rings. The van der Waals surface area contributed by atoms with E-state index in [-0.39, 0.29) is 29.4 Å². The fourth-order valence-electron chi connectivity index (χ4n) is 3.03. The van der Waals surface area contributed by atoms with Gasteiger partial charge in [-0.15, -0.1) is 0 Å². The number of methoxy groups -OCH3 is 1. The molecule has 0 unspecified atom stereocenters. The summed E-state index contributed by atoms with van der Waals surface area (Å²) in [6.45, 7) is 2.54. The first-order valence-corrected chi connectivity index (χ1v) is 11.9. The number of esters is 1. The van der Waals surface area contributed by atoms with Gasteiger partial charge in [0.1, 0.15) is 0 Å². The Kier molecular flexibility index (Phi) is 6.84. The van der Waals surface area contributed by atoms with Gasteiger partial charge in [-0.2, -0.15) is 4.99 Å². The molecule has 158 valence electrons. The second kappa shape index (κ2) is 9.36. The first-order valence-electron chi connectivity index (χ1n) is 9.43. The maximum Gasteiger partial charge on any atom is 0.337 e. The summed E-state index contributed by atoms with van der Waals surface area (Å²) in [6.07, 6.45) is 0.237. The van der Waals surface area contributed by atoms with Crippen molar-refractivity contribution >= 4 is 43.3 Å². The van der Waals surface area contributed by atoms with Gasteiger partial charge < -0.3 is 9.30 Å². The van der Waals surface area contributed by atoms with Gasteiger partial charge in [0, 0.05) is 13.0 Å². The monoisotopic (exact) mass is 446 g/mol. The minimum Gasteiger partial charge on any atom is -0.465 e. The van der Waals surface area contributed by atoms with Crippen molar-refractivity contribution < 1.29 is 22.7 Å². The molecule has 1 heterocycles. The molecule has 0 saturated carbocycles. The number of benzene rings is 2. The zero-order valence-corrected chi connectivity index (χ0v) is 18.3. The second-order valence-electron chi connectivity index (χ2n) is 6.54. The highest BCUT2D eigenvalue weighted by atomic mass is 32.2. The molecule has 0 saturated heterocycles. The van der Waals surface area contributed by atoms with Gasteiger partial charge in [-0.1, -0.05) is 29.5 Å². The van der Waals surface area contributed by atoms with Crippen LogP contribution in [0.25, 0.3) is 10.2 Å². The molecule has 0 aliphatic rings. The summed E-state index contributed by atoms with van der Waals surface area (Å²) in [5.41, 5.74) is 1.30. The van der Waals surface area contributed by atoms with Crippen molar-refractivity contribution in [2.24, 2.45) is 4.99 Å². The predicted molar refractivity (Wildman–Crippen MR) is 115 cm³/mol. The van der Waals surface area contributed by atoms with Gasteiger partial charge in [0.25, 0.3) is 0 Å². The molecule has 1 amide bonds. The molecule has 0 fully saturated rings. The van der Waals surface area contributed by atoms with Crippen molar-refractivity contribution in [2.45, 2.75) is 31.2 Å². The molecule has 0 aliphatic heterocycles. The summed E-state index contributed by atoms with van der Waals surface area (Å²) < 4.78 is 32.1. The van der Waals surface area contributed by atoms with E-state index in [1.54, 1.807) is 48.5 Å². The number of thiazole rings is 1. The Labute approximate surface area is 178 Å². The van der Waals surface area contributed by atoms with Crippen molar-refractivity contribution in [2.75, 3.05) is 12.9 Å². The van der Waals surface area contributed by atoms with Gasteiger partial charge in [-0.05, 0) is 43.7 Å². The van der Waals surface area contributed by atoms with Crippen LogP contribution in [0.5, 0.6) is 0 Å². The number of carbonyl (C=O) groups excluding carboxylic acids is 2. The van der Waals surface area contributed by atoms with E-state index in [1.165, 1.54) is 18.4 Å². The van der Waals surface area contributed by atoms with Crippen molar-refractivity contribution in [3.63, 3.8) is 0 Å². The number of fused-ring (bicyclic) bond motifs is 1. The van der Waals surface area contributed by atoms with Crippen LogP contribution in [0.4, 0.5) is 0 Å². The highest BCUT2D eigenvalue weighted by molar-refractivity contribution is 7.91. The fraction of sp³-hybridized carbons (Fsp3) is 0.286. The molecule has 0 bridgehead atoms. The van der Waals surface area contributed by atoms with Crippen LogP contribution in [0.15, 0.2) is 58.4 Å². The van der Waals surface area contributed by atoms with E-state index in [9.17, 15) is 18.0 Å². The third kappa shape index (κ3) is 4.85. The SMILES string of the molecule is CCn1c(=NC(=O)CCCS(=O)(=O)c2ccccc2)sc2cc(C(=O)OC)ccc21. The van der Waals surface area contributed by atoms with E-state index >= 15 is 0 Å². The van der Waals surface area contributed by atoms with Gasteiger partial charge in [-0.25, -0.2) is 13.2 Å². The number of amides is 1. The second-order valence-corrected chi connectivity index (χ2v) is 9.66. The Morgan fingerprint density at radius 1 is 1.13 bits per heavy atom. The van der Waals surface area contributed by atoms with E-state index < -0.39 is 15.8 Å². The lowest BCUT2D eigenvalue weighted by atomic mass is 10.2. The van der Waals surface area contributed by atoms with Crippen LogP contribution in [0.1, 0.15) is 30.1 Å². The van der Waals surface area contributed by atoms with E-state index in [1.807, 2.05) is 11.5 Å². The average molecular weight is 447 g/mol. The lowest BCUT2D eigenvalue weighted by Gasteiger charge is -2.03. The number of sulfone groups is 1.